The molecular weight excluding hydrogens is 606 g/mol. The van der Waals surface area contributed by atoms with Crippen LogP contribution in [0.2, 0.25) is 0 Å². The summed E-state index contributed by atoms with van der Waals surface area (Å²) in [5.41, 5.74) is 0.989. The van der Waals surface area contributed by atoms with Crippen LogP contribution < -0.4 is 4.72 Å². The van der Waals surface area contributed by atoms with Gasteiger partial charge in [0.1, 0.15) is 11.6 Å². The zero-order chi connectivity index (χ0) is 32.7. The van der Waals surface area contributed by atoms with Crippen molar-refractivity contribution in [3.63, 3.8) is 0 Å². The lowest BCUT2D eigenvalue weighted by Gasteiger charge is -2.41. The first-order valence-corrected chi connectivity index (χ1v) is 17.7. The van der Waals surface area contributed by atoms with E-state index in [0.717, 1.165) is 70.1 Å². The SMILES string of the molecule is CC(C)(C)c1ccc(S(=O)(=O)Nc2ccc3[nH]c(C(=O)C4(CCCC5CCOCC5)CCC4)c(-c4c(F)cccc4F)c3c2)cc1. The van der Waals surface area contributed by atoms with E-state index in [1.165, 1.54) is 18.2 Å². The number of anilines is 1. The topological polar surface area (TPSA) is 88.3 Å². The van der Waals surface area contributed by atoms with Crippen LogP contribution in [0.4, 0.5) is 14.5 Å². The second-order valence-corrected chi connectivity index (χ2v) is 15.7. The highest BCUT2D eigenvalue weighted by Gasteiger charge is 2.45. The molecule has 0 bridgehead atoms. The number of aromatic nitrogens is 1. The Balaban J connectivity index is 1.36. The molecule has 3 aromatic carbocycles. The Morgan fingerprint density at radius 1 is 0.978 bits per heavy atom. The molecule has 9 heteroatoms. The molecule has 1 aliphatic heterocycles. The molecule has 2 heterocycles. The zero-order valence-corrected chi connectivity index (χ0v) is 27.5. The van der Waals surface area contributed by atoms with Crippen molar-refractivity contribution in [2.45, 2.75) is 82.4 Å². The molecule has 0 unspecified atom stereocenters. The van der Waals surface area contributed by atoms with Crippen molar-refractivity contribution in [1.82, 2.24) is 4.98 Å². The number of sulfonamides is 1. The number of fused-ring (bicyclic) bond motifs is 1. The monoisotopic (exact) mass is 648 g/mol. The summed E-state index contributed by atoms with van der Waals surface area (Å²) in [6.45, 7) is 7.72. The highest BCUT2D eigenvalue weighted by Crippen LogP contribution is 2.50. The molecular formula is C37H42F2N2O4S. The van der Waals surface area contributed by atoms with Crippen LogP contribution in [-0.4, -0.2) is 32.4 Å². The van der Waals surface area contributed by atoms with Crippen molar-refractivity contribution in [2.24, 2.45) is 11.3 Å². The molecule has 2 aliphatic rings. The quantitative estimate of drug-likeness (QED) is 0.168. The summed E-state index contributed by atoms with van der Waals surface area (Å²) >= 11 is 0. The predicted molar refractivity (Wildman–Crippen MR) is 178 cm³/mol. The number of carbonyl (C=O) groups is 1. The third-order valence-electron chi connectivity index (χ3n) is 9.92. The Morgan fingerprint density at radius 2 is 1.65 bits per heavy atom. The maximum Gasteiger partial charge on any atom is 0.261 e. The molecule has 1 aromatic heterocycles. The average molecular weight is 649 g/mol. The van der Waals surface area contributed by atoms with Crippen molar-refractivity contribution in [3.05, 3.63) is 83.6 Å². The minimum atomic E-state index is -3.97. The third kappa shape index (κ3) is 6.36. The Kier molecular flexibility index (Phi) is 8.85. The normalized spacial score (nSPS) is 17.2. The molecule has 2 N–H and O–H groups in total. The van der Waals surface area contributed by atoms with Gasteiger partial charge in [0.05, 0.1) is 16.2 Å². The molecule has 0 radical (unpaired) electrons. The van der Waals surface area contributed by atoms with Crippen LogP contribution in [0.5, 0.6) is 0 Å². The highest BCUT2D eigenvalue weighted by molar-refractivity contribution is 7.92. The van der Waals surface area contributed by atoms with E-state index in [1.807, 2.05) is 0 Å². The molecule has 1 aliphatic carbocycles. The minimum Gasteiger partial charge on any atom is -0.381 e. The van der Waals surface area contributed by atoms with Gasteiger partial charge in [0.15, 0.2) is 5.78 Å². The van der Waals surface area contributed by atoms with Gasteiger partial charge >= 0.3 is 0 Å². The second kappa shape index (κ2) is 12.6. The number of carbonyl (C=O) groups excluding carboxylic acids is 1. The fraction of sp³-hybridized carbons (Fsp3) is 0.432. The third-order valence-corrected chi connectivity index (χ3v) is 11.3. The summed E-state index contributed by atoms with van der Waals surface area (Å²) in [5.74, 6) is -1.12. The van der Waals surface area contributed by atoms with Crippen LogP contribution in [0.3, 0.4) is 0 Å². The van der Waals surface area contributed by atoms with Gasteiger partial charge in [-0.25, -0.2) is 17.2 Å². The largest absolute Gasteiger partial charge is 0.381 e. The average Bonchev–Trinajstić information content (AvgIpc) is 3.36. The summed E-state index contributed by atoms with van der Waals surface area (Å²) in [4.78, 5) is 17.7. The molecule has 1 saturated heterocycles. The minimum absolute atomic E-state index is 0.0959. The van der Waals surface area contributed by atoms with Crippen LogP contribution in [-0.2, 0) is 20.2 Å². The fourth-order valence-corrected chi connectivity index (χ4v) is 8.04. The van der Waals surface area contributed by atoms with E-state index >= 15 is 8.78 Å². The molecule has 6 rings (SSSR count). The summed E-state index contributed by atoms with van der Waals surface area (Å²) < 4.78 is 65.7. The first-order chi connectivity index (χ1) is 21.9. The van der Waals surface area contributed by atoms with Gasteiger partial charge in [0.25, 0.3) is 10.0 Å². The van der Waals surface area contributed by atoms with E-state index in [0.29, 0.717) is 16.8 Å². The highest BCUT2D eigenvalue weighted by atomic mass is 32.2. The maximum atomic E-state index is 15.4. The molecule has 4 aromatic rings. The van der Waals surface area contributed by atoms with Crippen molar-refractivity contribution in [1.29, 1.82) is 0 Å². The van der Waals surface area contributed by atoms with Crippen molar-refractivity contribution in [3.8, 4) is 11.1 Å². The van der Waals surface area contributed by atoms with Crippen LogP contribution >= 0.6 is 0 Å². The zero-order valence-electron chi connectivity index (χ0n) is 26.7. The Bertz CT molecular complexity index is 1830. The lowest BCUT2D eigenvalue weighted by molar-refractivity contribution is 0.0499. The molecule has 0 amide bonds. The number of benzene rings is 3. The Labute approximate surface area is 270 Å². The first kappa shape index (κ1) is 32.4. The Morgan fingerprint density at radius 3 is 2.26 bits per heavy atom. The first-order valence-electron chi connectivity index (χ1n) is 16.2. The second-order valence-electron chi connectivity index (χ2n) is 14.0. The number of Topliss-reactive ketones (excluding diaryl/α,β-unsaturated/α-hetero) is 1. The van der Waals surface area contributed by atoms with E-state index in [4.69, 9.17) is 4.74 Å². The predicted octanol–water partition coefficient (Wildman–Crippen LogP) is 9.16. The number of halogens is 2. The summed E-state index contributed by atoms with van der Waals surface area (Å²) in [6.07, 6.45) is 7.11. The number of ether oxygens (including phenoxy) is 1. The molecule has 2 fully saturated rings. The van der Waals surface area contributed by atoms with E-state index in [9.17, 15) is 13.2 Å². The summed E-state index contributed by atoms with van der Waals surface area (Å²) in [5, 5.41) is 0.368. The molecule has 46 heavy (non-hydrogen) atoms. The fourth-order valence-electron chi connectivity index (χ4n) is 6.99. The standard InChI is InChI=1S/C37H42F2N2O4S/c1-36(2,3)25-10-13-27(14-11-25)46(43,44)41-26-12-15-31-28(23-26)32(33-29(38)8-4-9-30(33)39)34(40-31)35(42)37(19-6-20-37)18-5-7-24-16-21-45-22-17-24/h4,8-15,23-24,40-41H,5-7,16-22H2,1-3H3. The van der Waals surface area contributed by atoms with E-state index in [1.54, 1.807) is 42.5 Å². The number of nitrogens with one attached hydrogen (secondary N) is 2. The van der Waals surface area contributed by atoms with Crippen LogP contribution in [0, 0.1) is 23.0 Å². The van der Waals surface area contributed by atoms with E-state index in [-0.39, 0.29) is 38.6 Å². The van der Waals surface area contributed by atoms with Crippen molar-refractivity contribution >= 4 is 32.4 Å². The number of H-pyrrole nitrogens is 1. The van der Waals surface area contributed by atoms with Crippen LogP contribution in [0.1, 0.15) is 88.2 Å². The van der Waals surface area contributed by atoms with Crippen LogP contribution in [0.15, 0.2) is 65.6 Å². The van der Waals surface area contributed by atoms with Gasteiger partial charge in [-0.2, -0.15) is 0 Å². The smallest absolute Gasteiger partial charge is 0.261 e. The lowest BCUT2D eigenvalue weighted by atomic mass is 9.62. The number of rotatable bonds is 10. The van der Waals surface area contributed by atoms with Gasteiger partial charge in [-0.1, -0.05) is 58.2 Å². The Hall–Kier alpha value is -3.56. The number of aromatic amines is 1. The van der Waals surface area contributed by atoms with Gasteiger partial charge < -0.3 is 9.72 Å². The lowest BCUT2D eigenvalue weighted by Crippen LogP contribution is -2.38. The molecule has 244 valence electrons. The summed E-state index contributed by atoms with van der Waals surface area (Å²) in [7, 11) is -3.97. The number of ketones is 1. The van der Waals surface area contributed by atoms with Gasteiger partial charge in [-0.3, -0.25) is 9.52 Å². The van der Waals surface area contributed by atoms with Gasteiger partial charge in [-0.15, -0.1) is 0 Å². The van der Waals surface area contributed by atoms with Gasteiger partial charge in [0.2, 0.25) is 0 Å². The van der Waals surface area contributed by atoms with E-state index in [2.05, 4.69) is 30.5 Å². The molecule has 0 spiro atoms. The van der Waals surface area contributed by atoms with Gasteiger partial charge in [0, 0.05) is 40.8 Å². The van der Waals surface area contributed by atoms with Crippen molar-refractivity contribution < 1.29 is 26.7 Å². The number of hydrogen-bond donors (Lipinski definition) is 2. The van der Waals surface area contributed by atoms with Crippen LogP contribution in [0.25, 0.3) is 22.0 Å². The summed E-state index contributed by atoms with van der Waals surface area (Å²) in [6, 6.07) is 15.1. The van der Waals surface area contributed by atoms with E-state index < -0.39 is 27.1 Å². The molecule has 1 saturated carbocycles. The molecule has 0 atom stereocenters. The van der Waals surface area contributed by atoms with Gasteiger partial charge in [-0.05, 0) is 91.5 Å². The number of hydrogen-bond acceptors (Lipinski definition) is 4. The maximum absolute atomic E-state index is 15.4. The van der Waals surface area contributed by atoms with Crippen molar-refractivity contribution in [2.75, 3.05) is 17.9 Å². The molecule has 6 nitrogen and oxygen atoms in total.